The fourth-order valence-electron chi connectivity index (χ4n) is 3.38. The zero-order chi connectivity index (χ0) is 22.7. The van der Waals surface area contributed by atoms with E-state index in [9.17, 15) is 9.59 Å². The fraction of sp³-hybridized carbons (Fsp3) is 0.160. The number of aryl methyl sites for hydroxylation is 1. The second-order valence-corrected chi connectivity index (χ2v) is 8.84. The molecule has 5 nitrogen and oxygen atoms in total. The molecule has 0 fully saturated rings. The van der Waals surface area contributed by atoms with Crippen LogP contribution in [-0.4, -0.2) is 21.2 Å². The summed E-state index contributed by atoms with van der Waals surface area (Å²) < 4.78 is 1.61. The molecule has 4 aromatic rings. The Morgan fingerprint density at radius 3 is 2.56 bits per heavy atom. The van der Waals surface area contributed by atoms with E-state index in [1.807, 2.05) is 62.4 Å². The van der Waals surface area contributed by atoms with Gasteiger partial charge in [0.25, 0.3) is 5.56 Å². The first kappa shape index (κ1) is 22.1. The number of halogens is 1. The third-order valence-electron chi connectivity index (χ3n) is 5.30. The van der Waals surface area contributed by atoms with Gasteiger partial charge in [0.15, 0.2) is 5.16 Å². The first-order valence-electron chi connectivity index (χ1n) is 10.2. The maximum Gasteiger partial charge on any atom is 0.266 e. The molecule has 1 N–H and O–H groups in total. The van der Waals surface area contributed by atoms with Crippen LogP contribution in [0, 0.1) is 13.8 Å². The molecule has 0 unspecified atom stereocenters. The summed E-state index contributed by atoms with van der Waals surface area (Å²) in [5, 5.41) is 4.59. The molecule has 0 aliphatic rings. The first-order valence-corrected chi connectivity index (χ1v) is 11.5. The lowest BCUT2D eigenvalue weighted by Crippen LogP contribution is -2.26. The largest absolute Gasteiger partial charge is 0.351 e. The van der Waals surface area contributed by atoms with Crippen molar-refractivity contribution in [3.63, 3.8) is 0 Å². The minimum absolute atomic E-state index is 0.139. The van der Waals surface area contributed by atoms with E-state index in [4.69, 9.17) is 16.6 Å². The number of hydrogen-bond acceptors (Lipinski definition) is 4. The van der Waals surface area contributed by atoms with Crippen molar-refractivity contribution in [2.24, 2.45) is 0 Å². The number of amides is 1. The van der Waals surface area contributed by atoms with Crippen molar-refractivity contribution in [3.8, 4) is 5.69 Å². The Balaban J connectivity index is 1.62. The summed E-state index contributed by atoms with van der Waals surface area (Å²) >= 11 is 7.16. The van der Waals surface area contributed by atoms with E-state index in [-0.39, 0.29) is 17.2 Å². The SMILES string of the molecule is Cc1cccc(-n2c(SCC(=O)NCc3ccc(Cl)cc3)nc3ccccc3c2=O)c1C. The number of para-hydroxylation sites is 1. The molecule has 1 heterocycles. The molecule has 0 saturated carbocycles. The van der Waals surface area contributed by atoms with Gasteiger partial charge in [-0.25, -0.2) is 4.98 Å². The Morgan fingerprint density at radius 2 is 1.78 bits per heavy atom. The number of fused-ring (bicyclic) bond motifs is 1. The van der Waals surface area contributed by atoms with Gasteiger partial charge >= 0.3 is 0 Å². The van der Waals surface area contributed by atoms with Crippen molar-refractivity contribution in [1.82, 2.24) is 14.9 Å². The summed E-state index contributed by atoms with van der Waals surface area (Å²) in [6, 6.07) is 20.4. The number of rotatable bonds is 6. The summed E-state index contributed by atoms with van der Waals surface area (Å²) in [7, 11) is 0. The number of nitrogens with one attached hydrogen (secondary N) is 1. The van der Waals surface area contributed by atoms with Crippen LogP contribution < -0.4 is 10.9 Å². The lowest BCUT2D eigenvalue weighted by molar-refractivity contribution is -0.118. The number of benzene rings is 3. The highest BCUT2D eigenvalue weighted by Crippen LogP contribution is 2.24. The third-order valence-corrected chi connectivity index (χ3v) is 6.49. The fourth-order valence-corrected chi connectivity index (χ4v) is 4.34. The van der Waals surface area contributed by atoms with Crippen LogP contribution in [-0.2, 0) is 11.3 Å². The Hall–Kier alpha value is -3.09. The highest BCUT2D eigenvalue weighted by atomic mass is 35.5. The Kier molecular flexibility index (Phi) is 6.63. The minimum Gasteiger partial charge on any atom is -0.351 e. The van der Waals surface area contributed by atoms with Gasteiger partial charge in [-0.2, -0.15) is 0 Å². The average Bonchev–Trinajstić information content (AvgIpc) is 2.80. The van der Waals surface area contributed by atoms with Gasteiger partial charge < -0.3 is 5.32 Å². The molecular weight excluding hydrogens is 442 g/mol. The Labute approximate surface area is 195 Å². The molecule has 3 aromatic carbocycles. The molecule has 4 rings (SSSR count). The van der Waals surface area contributed by atoms with E-state index in [2.05, 4.69) is 5.32 Å². The maximum absolute atomic E-state index is 13.4. The van der Waals surface area contributed by atoms with Crippen molar-refractivity contribution in [3.05, 3.63) is 98.8 Å². The van der Waals surface area contributed by atoms with Crippen LogP contribution in [0.5, 0.6) is 0 Å². The Morgan fingerprint density at radius 1 is 1.03 bits per heavy atom. The normalized spacial score (nSPS) is 11.0. The van der Waals surface area contributed by atoms with Crippen LogP contribution in [0.3, 0.4) is 0 Å². The van der Waals surface area contributed by atoms with E-state index in [0.29, 0.717) is 27.6 Å². The standard InChI is InChI=1S/C25H22ClN3O2S/c1-16-6-5-9-22(17(16)2)29-24(31)20-7-3-4-8-21(20)28-25(29)32-15-23(30)27-14-18-10-12-19(26)13-11-18/h3-13H,14-15H2,1-2H3,(H,27,30). The Bertz CT molecular complexity index is 1350. The van der Waals surface area contributed by atoms with Gasteiger partial charge in [0, 0.05) is 11.6 Å². The minimum atomic E-state index is -0.145. The topological polar surface area (TPSA) is 64.0 Å². The van der Waals surface area contributed by atoms with Gasteiger partial charge in [-0.1, -0.05) is 59.8 Å². The molecule has 0 bridgehead atoms. The number of aromatic nitrogens is 2. The average molecular weight is 464 g/mol. The highest BCUT2D eigenvalue weighted by molar-refractivity contribution is 7.99. The monoisotopic (exact) mass is 463 g/mol. The van der Waals surface area contributed by atoms with Crippen LogP contribution >= 0.6 is 23.4 Å². The van der Waals surface area contributed by atoms with Crippen molar-refractivity contribution in [2.75, 3.05) is 5.75 Å². The van der Waals surface area contributed by atoms with Crippen LogP contribution in [0.4, 0.5) is 0 Å². The summed E-state index contributed by atoms with van der Waals surface area (Å²) in [4.78, 5) is 30.6. The predicted octanol–water partition coefficient (Wildman–Crippen LogP) is 5.06. The first-order chi connectivity index (χ1) is 15.4. The molecule has 7 heteroatoms. The lowest BCUT2D eigenvalue weighted by Gasteiger charge is -2.16. The van der Waals surface area contributed by atoms with Gasteiger partial charge in [-0.15, -0.1) is 0 Å². The van der Waals surface area contributed by atoms with E-state index in [0.717, 1.165) is 22.4 Å². The number of thioether (sulfide) groups is 1. The molecule has 0 spiro atoms. The van der Waals surface area contributed by atoms with Crippen molar-refractivity contribution in [1.29, 1.82) is 0 Å². The summed E-state index contributed by atoms with van der Waals surface area (Å²) in [5.74, 6) is 0.00309. The molecule has 0 atom stereocenters. The molecule has 0 aliphatic carbocycles. The van der Waals surface area contributed by atoms with Gasteiger partial charge in [-0.3, -0.25) is 14.2 Å². The molecule has 0 radical (unpaired) electrons. The second kappa shape index (κ2) is 9.59. The van der Waals surface area contributed by atoms with Crippen LogP contribution in [0.15, 0.2) is 76.7 Å². The molecular formula is C25H22ClN3O2S. The molecule has 0 aliphatic heterocycles. The quantitative estimate of drug-likeness (QED) is 0.320. The highest BCUT2D eigenvalue weighted by Gasteiger charge is 2.16. The van der Waals surface area contributed by atoms with E-state index < -0.39 is 0 Å². The van der Waals surface area contributed by atoms with Crippen molar-refractivity contribution >= 4 is 40.2 Å². The summed E-state index contributed by atoms with van der Waals surface area (Å²) in [6.45, 7) is 4.40. The predicted molar refractivity (Wildman–Crippen MR) is 131 cm³/mol. The van der Waals surface area contributed by atoms with Crippen LogP contribution in [0.1, 0.15) is 16.7 Å². The molecule has 32 heavy (non-hydrogen) atoms. The van der Waals surface area contributed by atoms with Gasteiger partial charge in [0.05, 0.1) is 22.3 Å². The van der Waals surface area contributed by atoms with Crippen molar-refractivity contribution < 1.29 is 4.79 Å². The summed E-state index contributed by atoms with van der Waals surface area (Å²) in [6.07, 6.45) is 0. The van der Waals surface area contributed by atoms with Crippen LogP contribution in [0.2, 0.25) is 5.02 Å². The van der Waals surface area contributed by atoms with Gasteiger partial charge in [0.2, 0.25) is 5.91 Å². The maximum atomic E-state index is 13.4. The molecule has 0 saturated heterocycles. The smallest absolute Gasteiger partial charge is 0.266 e. The zero-order valence-electron chi connectivity index (χ0n) is 17.8. The zero-order valence-corrected chi connectivity index (χ0v) is 19.3. The van der Waals surface area contributed by atoms with Crippen molar-refractivity contribution in [2.45, 2.75) is 25.5 Å². The van der Waals surface area contributed by atoms with E-state index in [1.165, 1.54) is 11.8 Å². The third kappa shape index (κ3) is 4.71. The molecule has 1 amide bonds. The van der Waals surface area contributed by atoms with Crippen LogP contribution in [0.25, 0.3) is 16.6 Å². The molecule has 162 valence electrons. The summed E-state index contributed by atoms with van der Waals surface area (Å²) in [5.41, 5.74) is 4.29. The lowest BCUT2D eigenvalue weighted by atomic mass is 10.1. The van der Waals surface area contributed by atoms with Gasteiger partial charge in [0.1, 0.15) is 0 Å². The number of carbonyl (C=O) groups excluding carboxylic acids is 1. The van der Waals surface area contributed by atoms with Gasteiger partial charge in [-0.05, 0) is 60.9 Å². The van der Waals surface area contributed by atoms with E-state index >= 15 is 0 Å². The number of carbonyl (C=O) groups is 1. The number of hydrogen-bond donors (Lipinski definition) is 1. The number of nitrogens with zero attached hydrogens (tertiary/aromatic N) is 2. The second-order valence-electron chi connectivity index (χ2n) is 7.46. The molecule has 1 aromatic heterocycles. The van der Waals surface area contributed by atoms with E-state index in [1.54, 1.807) is 22.8 Å².